The molecule has 0 unspecified atom stereocenters. The lowest BCUT2D eigenvalue weighted by Crippen LogP contribution is -2.34. The number of allylic oxidation sites excluding steroid dienone is 2. The van der Waals surface area contributed by atoms with E-state index in [1.165, 1.54) is 24.5 Å². The minimum atomic E-state index is -0.947. The van der Waals surface area contributed by atoms with Gasteiger partial charge in [0.15, 0.2) is 0 Å². The number of aromatic nitrogens is 2. The fourth-order valence-corrected chi connectivity index (χ4v) is 5.90. The van der Waals surface area contributed by atoms with Crippen LogP contribution in [0.4, 0.5) is 5.82 Å². The van der Waals surface area contributed by atoms with Crippen molar-refractivity contribution < 1.29 is 24.0 Å². The molecule has 0 radical (unpaired) electrons. The molecule has 0 atom stereocenters. The molecule has 2 saturated carbocycles. The number of hydrogen-bond acceptors (Lipinski definition) is 8. The van der Waals surface area contributed by atoms with E-state index in [1.807, 2.05) is 0 Å². The molecular formula is C27H38N4O6. The summed E-state index contributed by atoms with van der Waals surface area (Å²) < 4.78 is 12.9. The number of imidazole rings is 1. The zero-order chi connectivity index (χ0) is 26.5. The Morgan fingerprint density at radius 3 is 1.81 bits per heavy atom. The SMILES string of the molecule is CC1=C(C(=O)OCC2CCCCC2)C(c2ncc([N+](=O)[O-])n2C)C(C(=O)OCC2CCCCC2)=C(C)N1. The summed E-state index contributed by atoms with van der Waals surface area (Å²) in [5, 5.41) is 14.7. The van der Waals surface area contributed by atoms with E-state index in [0.29, 0.717) is 36.4 Å². The van der Waals surface area contributed by atoms with E-state index in [1.54, 1.807) is 13.8 Å². The molecule has 0 spiro atoms. The van der Waals surface area contributed by atoms with Gasteiger partial charge in [0.2, 0.25) is 5.82 Å². The molecule has 2 fully saturated rings. The molecule has 2 heterocycles. The Balaban J connectivity index is 1.63. The van der Waals surface area contributed by atoms with Crippen molar-refractivity contribution in [2.45, 2.75) is 84.0 Å². The predicted molar refractivity (Wildman–Crippen MR) is 136 cm³/mol. The average Bonchev–Trinajstić information content (AvgIpc) is 3.28. The number of hydrogen-bond donors (Lipinski definition) is 1. The van der Waals surface area contributed by atoms with E-state index in [9.17, 15) is 19.7 Å². The van der Waals surface area contributed by atoms with Gasteiger partial charge in [-0.1, -0.05) is 38.5 Å². The Labute approximate surface area is 217 Å². The number of dihydropyridines is 1. The number of ether oxygens (including phenoxy) is 2. The summed E-state index contributed by atoms with van der Waals surface area (Å²) in [4.78, 5) is 42.3. The summed E-state index contributed by atoms with van der Waals surface area (Å²) in [7, 11) is 1.52. The van der Waals surface area contributed by atoms with E-state index < -0.39 is 22.8 Å². The van der Waals surface area contributed by atoms with Crippen molar-refractivity contribution in [3.8, 4) is 0 Å². The summed E-state index contributed by atoms with van der Waals surface area (Å²) in [6.45, 7) is 4.12. The van der Waals surface area contributed by atoms with Crippen LogP contribution < -0.4 is 5.32 Å². The largest absolute Gasteiger partial charge is 0.462 e. The molecule has 1 aromatic heterocycles. The number of carbonyl (C=O) groups is 2. The molecule has 10 heteroatoms. The second-order valence-electron chi connectivity index (χ2n) is 10.6. The fourth-order valence-electron chi connectivity index (χ4n) is 5.90. The van der Waals surface area contributed by atoms with Gasteiger partial charge in [-0.15, -0.1) is 0 Å². The van der Waals surface area contributed by atoms with Gasteiger partial charge in [0.25, 0.3) is 0 Å². The summed E-state index contributed by atoms with van der Waals surface area (Å²) in [5.41, 5.74) is 1.53. The third kappa shape index (κ3) is 6.05. The van der Waals surface area contributed by atoms with Gasteiger partial charge in [0.05, 0.1) is 31.4 Å². The van der Waals surface area contributed by atoms with Crippen LogP contribution in [0.5, 0.6) is 0 Å². The first-order valence-electron chi connectivity index (χ1n) is 13.5. The van der Waals surface area contributed by atoms with Crippen molar-refractivity contribution in [1.29, 1.82) is 0 Å². The topological polar surface area (TPSA) is 126 Å². The molecular weight excluding hydrogens is 476 g/mol. The summed E-state index contributed by atoms with van der Waals surface area (Å²) in [6.07, 6.45) is 12.2. The van der Waals surface area contributed by atoms with E-state index in [2.05, 4.69) is 10.3 Å². The number of esters is 2. The molecule has 0 aromatic carbocycles. The van der Waals surface area contributed by atoms with Crippen LogP contribution in [0.25, 0.3) is 0 Å². The maximum absolute atomic E-state index is 13.5. The minimum absolute atomic E-state index is 0.223. The monoisotopic (exact) mass is 514 g/mol. The molecule has 1 aliphatic heterocycles. The van der Waals surface area contributed by atoms with E-state index >= 15 is 0 Å². The lowest BCUT2D eigenvalue weighted by atomic mass is 9.84. The van der Waals surface area contributed by atoms with Crippen LogP contribution in [0.2, 0.25) is 0 Å². The highest BCUT2D eigenvalue weighted by Crippen LogP contribution is 2.40. The first-order chi connectivity index (χ1) is 17.8. The van der Waals surface area contributed by atoms with E-state index in [0.717, 1.165) is 57.6 Å². The van der Waals surface area contributed by atoms with Gasteiger partial charge in [-0.2, -0.15) is 0 Å². The molecule has 1 aromatic rings. The molecule has 1 N–H and O–H groups in total. The van der Waals surface area contributed by atoms with Crippen molar-refractivity contribution >= 4 is 17.8 Å². The molecule has 2 aliphatic carbocycles. The molecule has 37 heavy (non-hydrogen) atoms. The predicted octanol–water partition coefficient (Wildman–Crippen LogP) is 4.81. The first-order valence-corrected chi connectivity index (χ1v) is 13.5. The number of nitrogens with zero attached hydrogens (tertiary/aromatic N) is 3. The number of rotatable bonds is 8. The highest BCUT2D eigenvalue weighted by Gasteiger charge is 2.43. The second kappa shape index (κ2) is 11.9. The number of nitrogens with one attached hydrogen (secondary N) is 1. The van der Waals surface area contributed by atoms with Gasteiger partial charge in [0.1, 0.15) is 12.1 Å². The molecule has 10 nitrogen and oxygen atoms in total. The van der Waals surface area contributed by atoms with Crippen molar-refractivity contribution in [3.05, 3.63) is 44.7 Å². The van der Waals surface area contributed by atoms with Crippen LogP contribution >= 0.6 is 0 Å². The second-order valence-corrected chi connectivity index (χ2v) is 10.6. The summed E-state index contributed by atoms with van der Waals surface area (Å²) >= 11 is 0. The van der Waals surface area contributed by atoms with Gasteiger partial charge >= 0.3 is 17.8 Å². The quantitative estimate of drug-likeness (QED) is 0.298. The zero-order valence-electron chi connectivity index (χ0n) is 22.1. The molecule has 0 amide bonds. The first kappa shape index (κ1) is 26.9. The summed E-state index contributed by atoms with van der Waals surface area (Å²) in [5.74, 6) is -1.40. The molecule has 4 rings (SSSR count). The normalized spacial score (nSPS) is 20.1. The van der Waals surface area contributed by atoms with Gasteiger partial charge < -0.3 is 24.9 Å². The van der Waals surface area contributed by atoms with Crippen LogP contribution in [-0.4, -0.2) is 39.6 Å². The molecule has 3 aliphatic rings. The third-order valence-electron chi connectivity index (χ3n) is 7.99. The van der Waals surface area contributed by atoms with E-state index in [4.69, 9.17) is 9.47 Å². The van der Waals surface area contributed by atoms with Gasteiger partial charge in [0, 0.05) is 11.4 Å². The average molecular weight is 515 g/mol. The number of nitro groups is 1. The van der Waals surface area contributed by atoms with Crippen molar-refractivity contribution in [1.82, 2.24) is 14.9 Å². The lowest BCUT2D eigenvalue weighted by molar-refractivity contribution is -0.391. The Kier molecular flexibility index (Phi) is 8.66. The van der Waals surface area contributed by atoms with Crippen molar-refractivity contribution in [2.75, 3.05) is 13.2 Å². The Hall–Kier alpha value is -3.17. The highest BCUT2D eigenvalue weighted by molar-refractivity contribution is 5.99. The molecule has 0 bridgehead atoms. The Morgan fingerprint density at radius 1 is 0.946 bits per heavy atom. The fraction of sp³-hybridized carbons (Fsp3) is 0.667. The number of carbonyl (C=O) groups excluding carboxylic acids is 2. The summed E-state index contributed by atoms with van der Waals surface area (Å²) in [6, 6.07) is 0. The lowest BCUT2D eigenvalue weighted by Gasteiger charge is -2.30. The maximum Gasteiger partial charge on any atom is 0.342 e. The van der Waals surface area contributed by atoms with Crippen LogP contribution in [0, 0.1) is 22.0 Å². The third-order valence-corrected chi connectivity index (χ3v) is 7.99. The van der Waals surface area contributed by atoms with Gasteiger partial charge in [-0.25, -0.2) is 19.1 Å². The van der Waals surface area contributed by atoms with Crippen LogP contribution in [-0.2, 0) is 26.1 Å². The smallest absolute Gasteiger partial charge is 0.342 e. The van der Waals surface area contributed by atoms with Crippen LogP contribution in [0.1, 0.15) is 89.8 Å². The molecule has 0 saturated heterocycles. The van der Waals surface area contributed by atoms with Crippen molar-refractivity contribution in [2.24, 2.45) is 18.9 Å². The Morgan fingerprint density at radius 2 is 1.41 bits per heavy atom. The highest BCUT2D eigenvalue weighted by atomic mass is 16.6. The van der Waals surface area contributed by atoms with E-state index in [-0.39, 0.29) is 22.8 Å². The minimum Gasteiger partial charge on any atom is -0.462 e. The Bertz CT molecular complexity index is 1040. The zero-order valence-corrected chi connectivity index (χ0v) is 22.1. The van der Waals surface area contributed by atoms with Crippen LogP contribution in [0.15, 0.2) is 28.7 Å². The van der Waals surface area contributed by atoms with Crippen molar-refractivity contribution in [3.63, 3.8) is 0 Å². The van der Waals surface area contributed by atoms with Crippen LogP contribution in [0.3, 0.4) is 0 Å². The van der Waals surface area contributed by atoms with Gasteiger partial charge in [-0.05, 0) is 56.3 Å². The van der Waals surface area contributed by atoms with Gasteiger partial charge in [-0.3, -0.25) is 0 Å². The maximum atomic E-state index is 13.5. The molecule has 202 valence electrons. The standard InChI is InChI=1S/C27H38N4O6/c1-17-22(26(32)36-15-19-10-6-4-7-11-19)24(25-28-14-21(30(25)3)31(34)35)23(18(2)29-17)27(33)37-16-20-12-8-5-9-13-20/h14,19-20,24,29H,4-13,15-16H2,1-3H3.